The largest absolute Gasteiger partial charge is 0.461 e. The molecule has 1 saturated carbocycles. The molecule has 0 aromatic rings. The summed E-state index contributed by atoms with van der Waals surface area (Å²) >= 11 is 0. The Kier molecular flexibility index (Phi) is 5.89. The molecular weight excluding hydrogens is 360 g/mol. The van der Waals surface area contributed by atoms with Crippen LogP contribution in [0.15, 0.2) is 36.0 Å². The molecule has 1 N–H and O–H groups in total. The second-order valence-electron chi connectivity index (χ2n) is 8.34. The van der Waals surface area contributed by atoms with Gasteiger partial charge in [0.1, 0.15) is 12.2 Å². The first-order valence-electron chi connectivity index (χ1n) is 9.92. The standard InChI is InChI=1S/C22H28O6/c1-13-11-17-19(14(2)20(24)27-17)18(12-22(3,26)10-9-16(13)23)28-21(25)15-7-5-4-6-8-15/h9-11,15,17-19,26H,2,4-8,12H2,1,3H3/b10-9+,13-11-/t17-,18-,19+,22+/m1/s1. The number of hydrogen-bond donors (Lipinski definition) is 1. The van der Waals surface area contributed by atoms with Crippen LogP contribution in [0.2, 0.25) is 0 Å². The van der Waals surface area contributed by atoms with Crippen LogP contribution in [0.3, 0.4) is 0 Å². The topological polar surface area (TPSA) is 89.9 Å². The van der Waals surface area contributed by atoms with Crippen molar-refractivity contribution in [2.45, 2.75) is 70.2 Å². The van der Waals surface area contributed by atoms with Crippen molar-refractivity contribution in [3.05, 3.63) is 36.0 Å². The predicted molar refractivity (Wildman–Crippen MR) is 102 cm³/mol. The smallest absolute Gasteiger partial charge is 0.334 e. The molecule has 28 heavy (non-hydrogen) atoms. The van der Waals surface area contributed by atoms with E-state index >= 15 is 0 Å². The van der Waals surface area contributed by atoms with Crippen LogP contribution in [0.4, 0.5) is 0 Å². The molecule has 4 atom stereocenters. The number of rotatable bonds is 2. The van der Waals surface area contributed by atoms with Gasteiger partial charge in [0.2, 0.25) is 0 Å². The number of allylic oxidation sites excluding steroid dienone is 2. The number of esters is 2. The SMILES string of the molecule is C=C1C(=O)O[C@@H]2/C=C(/C)C(=O)/C=C/[C@](C)(O)C[C@@H](OC(=O)C3CCCCC3)[C@@H]12. The Morgan fingerprint density at radius 3 is 2.64 bits per heavy atom. The van der Waals surface area contributed by atoms with Crippen molar-refractivity contribution in [1.82, 2.24) is 0 Å². The summed E-state index contributed by atoms with van der Waals surface area (Å²) in [5, 5.41) is 10.8. The Bertz CT molecular complexity index is 738. The van der Waals surface area contributed by atoms with Gasteiger partial charge in [0, 0.05) is 12.0 Å². The molecule has 3 rings (SSSR count). The second-order valence-corrected chi connectivity index (χ2v) is 8.34. The van der Waals surface area contributed by atoms with E-state index in [0.29, 0.717) is 5.57 Å². The quantitative estimate of drug-likeness (QED) is 0.578. The number of ether oxygens (including phenoxy) is 2. The van der Waals surface area contributed by atoms with Crippen LogP contribution >= 0.6 is 0 Å². The molecule has 1 aliphatic heterocycles. The first-order chi connectivity index (χ1) is 13.2. The van der Waals surface area contributed by atoms with E-state index in [0.717, 1.165) is 32.1 Å². The van der Waals surface area contributed by atoms with Crippen LogP contribution < -0.4 is 0 Å². The van der Waals surface area contributed by atoms with Gasteiger partial charge in [0.05, 0.1) is 17.4 Å². The molecule has 0 spiro atoms. The van der Waals surface area contributed by atoms with Crippen molar-refractivity contribution < 1.29 is 29.0 Å². The van der Waals surface area contributed by atoms with Gasteiger partial charge < -0.3 is 14.6 Å². The lowest BCUT2D eigenvalue weighted by Gasteiger charge is -2.33. The second kappa shape index (κ2) is 8.03. The van der Waals surface area contributed by atoms with E-state index in [1.54, 1.807) is 19.9 Å². The van der Waals surface area contributed by atoms with E-state index < -0.39 is 29.7 Å². The predicted octanol–water partition coefficient (Wildman–Crippen LogP) is 2.80. The van der Waals surface area contributed by atoms with Gasteiger partial charge in [-0.05, 0) is 50.5 Å². The number of aliphatic hydroxyl groups is 1. The number of ketones is 1. The molecular formula is C22H28O6. The summed E-state index contributed by atoms with van der Waals surface area (Å²) in [7, 11) is 0. The van der Waals surface area contributed by atoms with E-state index in [-0.39, 0.29) is 29.7 Å². The maximum absolute atomic E-state index is 12.8. The van der Waals surface area contributed by atoms with Crippen LogP contribution in [0.5, 0.6) is 0 Å². The average molecular weight is 388 g/mol. The fourth-order valence-electron chi connectivity index (χ4n) is 4.20. The minimum Gasteiger partial charge on any atom is -0.461 e. The lowest BCUT2D eigenvalue weighted by atomic mass is 9.82. The highest BCUT2D eigenvalue weighted by Crippen LogP contribution is 2.37. The molecule has 6 heteroatoms. The third-order valence-corrected chi connectivity index (χ3v) is 5.88. The van der Waals surface area contributed by atoms with Gasteiger partial charge >= 0.3 is 11.9 Å². The molecule has 0 unspecified atom stereocenters. The van der Waals surface area contributed by atoms with Crippen molar-refractivity contribution in [2.75, 3.05) is 0 Å². The molecule has 0 aromatic carbocycles. The zero-order valence-electron chi connectivity index (χ0n) is 16.5. The third kappa shape index (κ3) is 4.43. The first-order valence-corrected chi connectivity index (χ1v) is 9.92. The molecule has 152 valence electrons. The molecule has 3 aliphatic rings. The Hall–Kier alpha value is -2.21. The Labute approximate surface area is 165 Å². The molecule has 2 fully saturated rings. The Morgan fingerprint density at radius 2 is 1.96 bits per heavy atom. The van der Waals surface area contributed by atoms with Crippen molar-refractivity contribution in [1.29, 1.82) is 0 Å². The molecule has 1 heterocycles. The van der Waals surface area contributed by atoms with Crippen molar-refractivity contribution in [2.24, 2.45) is 11.8 Å². The summed E-state index contributed by atoms with van der Waals surface area (Å²) in [5.41, 5.74) is -0.798. The van der Waals surface area contributed by atoms with Gasteiger partial charge in [0.15, 0.2) is 5.78 Å². The molecule has 0 radical (unpaired) electrons. The van der Waals surface area contributed by atoms with Gasteiger partial charge in [-0.3, -0.25) is 9.59 Å². The maximum atomic E-state index is 12.8. The highest BCUT2D eigenvalue weighted by Gasteiger charge is 2.47. The minimum absolute atomic E-state index is 0.0406. The molecule has 2 aliphatic carbocycles. The normalized spacial score (nSPS) is 37.5. The highest BCUT2D eigenvalue weighted by atomic mass is 16.6. The Balaban J connectivity index is 1.93. The lowest BCUT2D eigenvalue weighted by molar-refractivity contribution is -0.160. The van der Waals surface area contributed by atoms with E-state index in [2.05, 4.69) is 6.58 Å². The molecule has 1 saturated heterocycles. The molecule has 6 nitrogen and oxygen atoms in total. The summed E-state index contributed by atoms with van der Waals surface area (Å²) in [6, 6.07) is 0. The van der Waals surface area contributed by atoms with E-state index in [4.69, 9.17) is 9.47 Å². The summed E-state index contributed by atoms with van der Waals surface area (Å²) in [6.45, 7) is 7.00. The summed E-state index contributed by atoms with van der Waals surface area (Å²) < 4.78 is 11.2. The summed E-state index contributed by atoms with van der Waals surface area (Å²) in [6.07, 6.45) is 7.49. The van der Waals surface area contributed by atoms with Crippen LogP contribution in [0, 0.1) is 11.8 Å². The molecule has 0 aromatic heterocycles. The number of carbonyl (C=O) groups is 3. The number of hydrogen-bond acceptors (Lipinski definition) is 6. The van der Waals surface area contributed by atoms with Gasteiger partial charge in [-0.2, -0.15) is 0 Å². The van der Waals surface area contributed by atoms with Gasteiger partial charge in [0.25, 0.3) is 0 Å². The summed E-state index contributed by atoms with van der Waals surface area (Å²) in [5.74, 6) is -1.94. The minimum atomic E-state index is -1.39. The fourth-order valence-corrected chi connectivity index (χ4v) is 4.20. The maximum Gasteiger partial charge on any atom is 0.334 e. The van der Waals surface area contributed by atoms with Gasteiger partial charge in [-0.15, -0.1) is 0 Å². The number of fused-ring (bicyclic) bond motifs is 1. The van der Waals surface area contributed by atoms with Crippen molar-refractivity contribution in [3.8, 4) is 0 Å². The fraction of sp³-hybridized carbons (Fsp3) is 0.591. The number of carbonyl (C=O) groups excluding carboxylic acids is 3. The monoisotopic (exact) mass is 388 g/mol. The average Bonchev–Trinajstić information content (AvgIpc) is 2.92. The molecule has 0 amide bonds. The third-order valence-electron chi connectivity index (χ3n) is 5.88. The van der Waals surface area contributed by atoms with E-state index in [9.17, 15) is 19.5 Å². The van der Waals surface area contributed by atoms with Crippen LogP contribution in [0.1, 0.15) is 52.4 Å². The van der Waals surface area contributed by atoms with Crippen LogP contribution in [-0.4, -0.2) is 40.6 Å². The Morgan fingerprint density at radius 1 is 1.29 bits per heavy atom. The van der Waals surface area contributed by atoms with Crippen molar-refractivity contribution >= 4 is 17.7 Å². The zero-order valence-corrected chi connectivity index (χ0v) is 16.5. The van der Waals surface area contributed by atoms with Crippen molar-refractivity contribution in [3.63, 3.8) is 0 Å². The summed E-state index contributed by atoms with van der Waals surface area (Å²) in [4.78, 5) is 37.2. The van der Waals surface area contributed by atoms with E-state index in [1.165, 1.54) is 12.2 Å². The van der Waals surface area contributed by atoms with Gasteiger partial charge in [-0.25, -0.2) is 4.79 Å². The first kappa shape index (κ1) is 20.5. The lowest BCUT2D eigenvalue weighted by Crippen LogP contribution is -2.40. The molecule has 0 bridgehead atoms. The van der Waals surface area contributed by atoms with Crippen LogP contribution in [0.25, 0.3) is 0 Å². The highest BCUT2D eigenvalue weighted by molar-refractivity contribution is 6.03. The van der Waals surface area contributed by atoms with E-state index in [1.807, 2.05) is 0 Å². The zero-order chi connectivity index (χ0) is 20.5. The van der Waals surface area contributed by atoms with Gasteiger partial charge in [-0.1, -0.05) is 25.8 Å². The van der Waals surface area contributed by atoms with Crippen LogP contribution in [-0.2, 0) is 23.9 Å².